The lowest BCUT2D eigenvalue weighted by Gasteiger charge is -2.34. The maximum atomic E-state index is 12.5. The standard InChI is InChI=1S/C16H32N2O3/c1-5-17-16(15(19)21-6-2)10-7-8-14(16)9-11-18(3)12-13-20-4/h14,17H,5-13H2,1-4H3. The van der Waals surface area contributed by atoms with Gasteiger partial charge in [-0.3, -0.25) is 4.79 Å². The molecular formula is C16H32N2O3. The number of ether oxygens (including phenoxy) is 2. The molecule has 21 heavy (non-hydrogen) atoms. The summed E-state index contributed by atoms with van der Waals surface area (Å²) in [6, 6.07) is 0. The van der Waals surface area contributed by atoms with Crippen molar-refractivity contribution in [1.29, 1.82) is 0 Å². The summed E-state index contributed by atoms with van der Waals surface area (Å²) in [6.45, 7) is 7.84. The lowest BCUT2D eigenvalue weighted by atomic mass is 9.84. The van der Waals surface area contributed by atoms with E-state index in [2.05, 4.69) is 24.2 Å². The topological polar surface area (TPSA) is 50.8 Å². The van der Waals surface area contributed by atoms with Crippen LogP contribution in [-0.2, 0) is 14.3 Å². The number of rotatable bonds is 10. The van der Waals surface area contributed by atoms with E-state index in [1.165, 1.54) is 0 Å². The summed E-state index contributed by atoms with van der Waals surface area (Å²) < 4.78 is 10.5. The van der Waals surface area contributed by atoms with Crippen LogP contribution in [0.5, 0.6) is 0 Å². The van der Waals surface area contributed by atoms with E-state index in [1.54, 1.807) is 7.11 Å². The quantitative estimate of drug-likeness (QED) is 0.622. The van der Waals surface area contributed by atoms with E-state index in [4.69, 9.17) is 9.47 Å². The Morgan fingerprint density at radius 3 is 2.76 bits per heavy atom. The Morgan fingerprint density at radius 2 is 2.14 bits per heavy atom. The third-order valence-electron chi connectivity index (χ3n) is 4.49. The van der Waals surface area contributed by atoms with E-state index in [1.807, 2.05) is 6.92 Å². The fraction of sp³-hybridized carbons (Fsp3) is 0.938. The van der Waals surface area contributed by atoms with Crippen LogP contribution in [-0.4, -0.2) is 63.4 Å². The van der Waals surface area contributed by atoms with Crippen LogP contribution in [0.1, 0.15) is 39.5 Å². The minimum atomic E-state index is -0.465. The smallest absolute Gasteiger partial charge is 0.326 e. The van der Waals surface area contributed by atoms with Crippen LogP contribution in [0.2, 0.25) is 0 Å². The predicted octanol–water partition coefficient (Wildman–Crippen LogP) is 1.67. The number of nitrogens with zero attached hydrogens (tertiary/aromatic N) is 1. The molecule has 2 unspecified atom stereocenters. The number of methoxy groups -OCH3 is 1. The van der Waals surface area contributed by atoms with Crippen molar-refractivity contribution in [2.24, 2.45) is 5.92 Å². The van der Waals surface area contributed by atoms with Gasteiger partial charge in [0.05, 0.1) is 13.2 Å². The molecule has 0 aliphatic heterocycles. The number of carbonyl (C=O) groups is 1. The van der Waals surface area contributed by atoms with E-state index in [-0.39, 0.29) is 5.97 Å². The van der Waals surface area contributed by atoms with Gasteiger partial charge in [-0.05, 0) is 52.2 Å². The summed E-state index contributed by atoms with van der Waals surface area (Å²) in [7, 11) is 3.83. The van der Waals surface area contributed by atoms with Gasteiger partial charge >= 0.3 is 5.97 Å². The Bertz CT molecular complexity index is 312. The van der Waals surface area contributed by atoms with Gasteiger partial charge in [0, 0.05) is 13.7 Å². The van der Waals surface area contributed by atoms with Gasteiger partial charge in [-0.15, -0.1) is 0 Å². The maximum Gasteiger partial charge on any atom is 0.326 e. The third-order valence-corrected chi connectivity index (χ3v) is 4.49. The molecule has 0 aromatic heterocycles. The van der Waals surface area contributed by atoms with Crippen molar-refractivity contribution in [1.82, 2.24) is 10.2 Å². The SMILES string of the molecule is CCNC1(C(=O)OCC)CCCC1CCN(C)CCOC. The highest BCUT2D eigenvalue weighted by atomic mass is 16.5. The van der Waals surface area contributed by atoms with Crippen molar-refractivity contribution in [3.05, 3.63) is 0 Å². The first-order valence-corrected chi connectivity index (χ1v) is 8.20. The third kappa shape index (κ3) is 4.94. The molecule has 0 spiro atoms. The molecule has 0 saturated heterocycles. The number of hydrogen-bond acceptors (Lipinski definition) is 5. The van der Waals surface area contributed by atoms with E-state index in [9.17, 15) is 4.79 Å². The maximum absolute atomic E-state index is 12.5. The first-order chi connectivity index (χ1) is 10.1. The number of nitrogens with one attached hydrogen (secondary N) is 1. The minimum Gasteiger partial charge on any atom is -0.465 e. The van der Waals surface area contributed by atoms with E-state index < -0.39 is 5.54 Å². The molecule has 0 aromatic rings. The van der Waals surface area contributed by atoms with Gasteiger partial charge in [0.15, 0.2) is 0 Å². The summed E-state index contributed by atoms with van der Waals surface area (Å²) in [5, 5.41) is 3.44. The molecule has 1 aliphatic rings. The first-order valence-electron chi connectivity index (χ1n) is 8.20. The summed E-state index contributed by atoms with van der Waals surface area (Å²) in [5.74, 6) is 0.301. The van der Waals surface area contributed by atoms with Gasteiger partial charge in [-0.2, -0.15) is 0 Å². The van der Waals surface area contributed by atoms with Crippen molar-refractivity contribution < 1.29 is 14.3 Å². The molecular weight excluding hydrogens is 268 g/mol. The Kier molecular flexibility index (Phi) is 8.22. The summed E-state index contributed by atoms with van der Waals surface area (Å²) in [4.78, 5) is 14.7. The normalized spacial score (nSPS) is 25.5. The van der Waals surface area contributed by atoms with Gasteiger partial charge in [0.1, 0.15) is 5.54 Å². The highest BCUT2D eigenvalue weighted by molar-refractivity contribution is 5.81. The largest absolute Gasteiger partial charge is 0.465 e. The number of carbonyl (C=O) groups excluding carboxylic acids is 1. The molecule has 1 aliphatic carbocycles. The highest BCUT2D eigenvalue weighted by Gasteiger charge is 2.49. The molecule has 5 nitrogen and oxygen atoms in total. The molecule has 0 radical (unpaired) electrons. The molecule has 0 bridgehead atoms. The second-order valence-corrected chi connectivity index (χ2v) is 5.90. The number of likely N-dealkylation sites (N-methyl/N-ethyl adjacent to an activating group) is 2. The zero-order valence-corrected chi connectivity index (χ0v) is 14.1. The monoisotopic (exact) mass is 300 g/mol. The van der Waals surface area contributed by atoms with Crippen LogP contribution in [0.15, 0.2) is 0 Å². The highest BCUT2D eigenvalue weighted by Crippen LogP contribution is 2.39. The summed E-state index contributed by atoms with van der Waals surface area (Å²) in [5.41, 5.74) is -0.465. The van der Waals surface area contributed by atoms with E-state index in [0.717, 1.165) is 51.9 Å². The average Bonchev–Trinajstić information content (AvgIpc) is 2.87. The molecule has 1 N–H and O–H groups in total. The molecule has 1 rings (SSSR count). The predicted molar refractivity (Wildman–Crippen MR) is 84.4 cm³/mol. The Morgan fingerprint density at radius 1 is 1.38 bits per heavy atom. The zero-order valence-electron chi connectivity index (χ0n) is 14.1. The van der Waals surface area contributed by atoms with E-state index >= 15 is 0 Å². The van der Waals surface area contributed by atoms with Crippen molar-refractivity contribution in [2.75, 3.05) is 47.0 Å². The second kappa shape index (κ2) is 9.38. The lowest BCUT2D eigenvalue weighted by Crippen LogP contribution is -2.56. The van der Waals surface area contributed by atoms with Crippen LogP contribution in [0.4, 0.5) is 0 Å². The molecule has 2 atom stereocenters. The van der Waals surface area contributed by atoms with Crippen molar-refractivity contribution in [3.63, 3.8) is 0 Å². The van der Waals surface area contributed by atoms with E-state index in [0.29, 0.717) is 12.5 Å². The first kappa shape index (κ1) is 18.4. The fourth-order valence-corrected chi connectivity index (χ4v) is 3.35. The lowest BCUT2D eigenvalue weighted by molar-refractivity contribution is -0.153. The molecule has 1 saturated carbocycles. The Labute approximate surface area is 129 Å². The van der Waals surface area contributed by atoms with Crippen LogP contribution in [0.25, 0.3) is 0 Å². The van der Waals surface area contributed by atoms with Crippen molar-refractivity contribution in [2.45, 2.75) is 45.1 Å². The Hall–Kier alpha value is -0.650. The van der Waals surface area contributed by atoms with Gasteiger partial charge in [0.2, 0.25) is 0 Å². The Balaban J connectivity index is 2.62. The molecule has 0 aromatic carbocycles. The zero-order chi connectivity index (χ0) is 15.7. The van der Waals surface area contributed by atoms with Crippen LogP contribution in [0, 0.1) is 5.92 Å². The van der Waals surface area contributed by atoms with Crippen molar-refractivity contribution >= 4 is 5.97 Å². The fourth-order valence-electron chi connectivity index (χ4n) is 3.35. The summed E-state index contributed by atoms with van der Waals surface area (Å²) >= 11 is 0. The van der Waals surface area contributed by atoms with Crippen LogP contribution in [0.3, 0.4) is 0 Å². The van der Waals surface area contributed by atoms with Gasteiger partial charge < -0.3 is 19.7 Å². The van der Waals surface area contributed by atoms with Gasteiger partial charge in [-0.1, -0.05) is 13.3 Å². The van der Waals surface area contributed by atoms with Crippen LogP contribution >= 0.6 is 0 Å². The van der Waals surface area contributed by atoms with Gasteiger partial charge in [-0.25, -0.2) is 0 Å². The minimum absolute atomic E-state index is 0.0612. The molecule has 0 amide bonds. The molecule has 5 heteroatoms. The molecule has 124 valence electrons. The molecule has 0 heterocycles. The summed E-state index contributed by atoms with van der Waals surface area (Å²) in [6.07, 6.45) is 4.11. The van der Waals surface area contributed by atoms with Crippen LogP contribution < -0.4 is 5.32 Å². The van der Waals surface area contributed by atoms with Crippen molar-refractivity contribution in [3.8, 4) is 0 Å². The second-order valence-electron chi connectivity index (χ2n) is 5.90. The number of hydrogen-bond donors (Lipinski definition) is 1. The molecule has 1 fully saturated rings. The van der Waals surface area contributed by atoms with Gasteiger partial charge in [0.25, 0.3) is 0 Å². The average molecular weight is 300 g/mol. The number of esters is 1.